The van der Waals surface area contributed by atoms with Gasteiger partial charge in [0.05, 0.1) is 16.1 Å². The van der Waals surface area contributed by atoms with Gasteiger partial charge in [0.2, 0.25) is 0 Å². The highest BCUT2D eigenvalue weighted by Crippen LogP contribution is 2.25. The van der Waals surface area contributed by atoms with Crippen molar-refractivity contribution in [2.45, 2.75) is 26.3 Å². The van der Waals surface area contributed by atoms with E-state index in [9.17, 15) is 4.79 Å². The highest BCUT2D eigenvalue weighted by Gasteiger charge is 2.10. The standard InChI is InChI=1S/C17H18Cl2N2O/c1-3-12-4-6-13(7-5-12)11(2)20-17(22)21-14-8-9-15(18)16(19)10-14/h4-11H,3H2,1-2H3,(H2,20,21,22). The number of nitrogens with one attached hydrogen (secondary N) is 2. The van der Waals surface area contributed by atoms with Crippen molar-refractivity contribution >= 4 is 34.9 Å². The van der Waals surface area contributed by atoms with Crippen molar-refractivity contribution in [3.05, 3.63) is 63.6 Å². The van der Waals surface area contributed by atoms with E-state index in [-0.39, 0.29) is 12.1 Å². The monoisotopic (exact) mass is 336 g/mol. The average molecular weight is 337 g/mol. The number of carbonyl (C=O) groups is 1. The van der Waals surface area contributed by atoms with Gasteiger partial charge in [-0.2, -0.15) is 0 Å². The molecule has 0 saturated carbocycles. The molecule has 2 aromatic carbocycles. The quantitative estimate of drug-likeness (QED) is 0.766. The van der Waals surface area contributed by atoms with Crippen molar-refractivity contribution in [3.63, 3.8) is 0 Å². The van der Waals surface area contributed by atoms with Crippen molar-refractivity contribution in [1.29, 1.82) is 0 Å². The summed E-state index contributed by atoms with van der Waals surface area (Å²) in [5, 5.41) is 6.49. The molecule has 2 N–H and O–H groups in total. The Kier molecular flexibility index (Phi) is 5.69. The van der Waals surface area contributed by atoms with Crippen LogP contribution in [-0.4, -0.2) is 6.03 Å². The Bertz CT molecular complexity index is 656. The van der Waals surface area contributed by atoms with Gasteiger partial charge in [0.1, 0.15) is 0 Å². The van der Waals surface area contributed by atoms with E-state index in [1.54, 1.807) is 18.2 Å². The second kappa shape index (κ2) is 7.52. The number of hydrogen-bond donors (Lipinski definition) is 2. The van der Waals surface area contributed by atoms with Crippen molar-refractivity contribution < 1.29 is 4.79 Å². The van der Waals surface area contributed by atoms with Gasteiger partial charge in [0.25, 0.3) is 0 Å². The van der Waals surface area contributed by atoms with Gasteiger partial charge < -0.3 is 10.6 Å². The molecule has 0 fully saturated rings. The van der Waals surface area contributed by atoms with Gasteiger partial charge in [-0.1, -0.05) is 54.4 Å². The van der Waals surface area contributed by atoms with Crippen LogP contribution >= 0.6 is 23.2 Å². The van der Waals surface area contributed by atoms with E-state index in [0.29, 0.717) is 15.7 Å². The number of hydrogen-bond acceptors (Lipinski definition) is 1. The summed E-state index contributed by atoms with van der Waals surface area (Å²) < 4.78 is 0. The zero-order valence-corrected chi connectivity index (χ0v) is 14.0. The molecular weight excluding hydrogens is 319 g/mol. The van der Waals surface area contributed by atoms with Crippen LogP contribution in [0.15, 0.2) is 42.5 Å². The first-order valence-corrected chi connectivity index (χ1v) is 7.86. The lowest BCUT2D eigenvalue weighted by Crippen LogP contribution is -2.31. The SMILES string of the molecule is CCc1ccc(C(C)NC(=O)Nc2ccc(Cl)c(Cl)c2)cc1. The lowest BCUT2D eigenvalue weighted by Gasteiger charge is -2.15. The van der Waals surface area contributed by atoms with Gasteiger partial charge >= 0.3 is 6.03 Å². The van der Waals surface area contributed by atoms with Crippen LogP contribution in [0.4, 0.5) is 10.5 Å². The molecular formula is C17H18Cl2N2O. The molecule has 0 aliphatic carbocycles. The molecule has 3 nitrogen and oxygen atoms in total. The smallest absolute Gasteiger partial charge is 0.319 e. The molecule has 1 unspecified atom stereocenters. The van der Waals surface area contributed by atoms with Crippen LogP contribution in [0.2, 0.25) is 10.0 Å². The Morgan fingerprint density at radius 2 is 1.77 bits per heavy atom. The molecule has 0 aliphatic rings. The summed E-state index contributed by atoms with van der Waals surface area (Å²) in [7, 11) is 0. The second-order valence-corrected chi connectivity index (χ2v) is 5.86. The molecule has 1 atom stereocenters. The maximum atomic E-state index is 12.0. The van der Waals surface area contributed by atoms with Crippen LogP contribution in [0.5, 0.6) is 0 Å². The second-order valence-electron chi connectivity index (χ2n) is 5.04. The van der Waals surface area contributed by atoms with Crippen LogP contribution in [0.1, 0.15) is 31.0 Å². The van der Waals surface area contributed by atoms with E-state index in [1.807, 2.05) is 19.1 Å². The van der Waals surface area contributed by atoms with Gasteiger partial charge in [-0.3, -0.25) is 0 Å². The third-order valence-electron chi connectivity index (χ3n) is 3.41. The van der Waals surface area contributed by atoms with E-state index < -0.39 is 0 Å². The highest BCUT2D eigenvalue weighted by molar-refractivity contribution is 6.42. The van der Waals surface area contributed by atoms with Gasteiger partial charge in [0.15, 0.2) is 0 Å². The Hall–Kier alpha value is -1.71. The average Bonchev–Trinajstić information content (AvgIpc) is 2.51. The van der Waals surface area contributed by atoms with E-state index in [4.69, 9.17) is 23.2 Å². The van der Waals surface area contributed by atoms with Crippen LogP contribution in [0.3, 0.4) is 0 Å². The topological polar surface area (TPSA) is 41.1 Å². The minimum absolute atomic E-state index is 0.0892. The van der Waals surface area contributed by atoms with Crippen LogP contribution in [-0.2, 0) is 6.42 Å². The van der Waals surface area contributed by atoms with Crippen molar-refractivity contribution in [2.75, 3.05) is 5.32 Å². The van der Waals surface area contributed by atoms with Crippen LogP contribution in [0, 0.1) is 0 Å². The summed E-state index contributed by atoms with van der Waals surface area (Å²) in [6, 6.07) is 12.8. The van der Waals surface area contributed by atoms with Gasteiger partial charge in [-0.05, 0) is 42.7 Å². The number of aryl methyl sites for hydroxylation is 1. The van der Waals surface area contributed by atoms with Crippen LogP contribution < -0.4 is 10.6 Å². The fourth-order valence-electron chi connectivity index (χ4n) is 2.06. The summed E-state index contributed by atoms with van der Waals surface area (Å²) in [5.74, 6) is 0. The molecule has 0 bridgehead atoms. The van der Waals surface area contributed by atoms with Crippen LogP contribution in [0.25, 0.3) is 0 Å². The van der Waals surface area contributed by atoms with E-state index >= 15 is 0 Å². The molecule has 0 radical (unpaired) electrons. The molecule has 0 heterocycles. The molecule has 116 valence electrons. The molecule has 0 aromatic heterocycles. The molecule has 5 heteroatoms. The van der Waals surface area contributed by atoms with Gasteiger partial charge in [-0.25, -0.2) is 4.79 Å². The first-order chi connectivity index (χ1) is 10.5. The van der Waals surface area contributed by atoms with E-state index in [2.05, 4.69) is 29.7 Å². The molecule has 2 aromatic rings. The van der Waals surface area contributed by atoms with Gasteiger partial charge in [0, 0.05) is 5.69 Å². The first-order valence-electron chi connectivity index (χ1n) is 7.11. The van der Waals surface area contributed by atoms with Crippen molar-refractivity contribution in [3.8, 4) is 0 Å². The summed E-state index contributed by atoms with van der Waals surface area (Å²) in [4.78, 5) is 12.0. The van der Waals surface area contributed by atoms with E-state index in [0.717, 1.165) is 12.0 Å². The Morgan fingerprint density at radius 1 is 1.09 bits per heavy atom. The lowest BCUT2D eigenvalue weighted by molar-refractivity contribution is 0.249. The fourth-order valence-corrected chi connectivity index (χ4v) is 2.36. The predicted molar refractivity (Wildman–Crippen MR) is 92.9 cm³/mol. The number of halogens is 2. The first kappa shape index (κ1) is 16.7. The molecule has 0 aliphatic heterocycles. The Balaban J connectivity index is 1.96. The minimum Gasteiger partial charge on any atom is -0.331 e. The third kappa shape index (κ3) is 4.39. The van der Waals surface area contributed by atoms with Gasteiger partial charge in [-0.15, -0.1) is 0 Å². The Labute approximate surface area is 140 Å². The zero-order chi connectivity index (χ0) is 16.1. The van der Waals surface area contributed by atoms with Crippen molar-refractivity contribution in [1.82, 2.24) is 5.32 Å². The Morgan fingerprint density at radius 3 is 2.36 bits per heavy atom. The molecule has 2 amide bonds. The summed E-state index contributed by atoms with van der Waals surface area (Å²) in [6.07, 6.45) is 1.000. The number of carbonyl (C=O) groups excluding carboxylic acids is 1. The predicted octanol–water partition coefficient (Wildman–Crippen LogP) is 5.44. The van der Waals surface area contributed by atoms with Crippen molar-refractivity contribution in [2.24, 2.45) is 0 Å². The molecule has 2 rings (SSSR count). The zero-order valence-electron chi connectivity index (χ0n) is 12.5. The number of rotatable bonds is 4. The lowest BCUT2D eigenvalue weighted by atomic mass is 10.1. The molecule has 0 spiro atoms. The number of amides is 2. The maximum Gasteiger partial charge on any atom is 0.319 e. The minimum atomic E-state index is -0.287. The number of benzene rings is 2. The molecule has 0 saturated heterocycles. The summed E-state index contributed by atoms with van der Waals surface area (Å²) in [6.45, 7) is 4.05. The summed E-state index contributed by atoms with van der Waals surface area (Å²) in [5.41, 5.74) is 2.93. The number of anilines is 1. The highest BCUT2D eigenvalue weighted by atomic mass is 35.5. The normalized spacial score (nSPS) is 11.8. The fraction of sp³-hybridized carbons (Fsp3) is 0.235. The third-order valence-corrected chi connectivity index (χ3v) is 4.15. The maximum absolute atomic E-state index is 12.0. The van der Waals surface area contributed by atoms with E-state index in [1.165, 1.54) is 5.56 Å². The molecule has 22 heavy (non-hydrogen) atoms. The largest absolute Gasteiger partial charge is 0.331 e. The number of urea groups is 1. The summed E-state index contributed by atoms with van der Waals surface area (Å²) >= 11 is 11.8.